The minimum Gasteiger partial charge on any atom is -0.333 e. The molecule has 0 saturated carbocycles. The van der Waals surface area contributed by atoms with Gasteiger partial charge in [-0.15, -0.1) is 12.4 Å². The van der Waals surface area contributed by atoms with E-state index in [-0.39, 0.29) is 18.3 Å². The van der Waals surface area contributed by atoms with Crippen molar-refractivity contribution in [3.8, 4) is 0 Å². The summed E-state index contributed by atoms with van der Waals surface area (Å²) in [6.45, 7) is 4.77. The van der Waals surface area contributed by atoms with Crippen molar-refractivity contribution in [1.29, 1.82) is 0 Å². The Balaban J connectivity index is 0.00000144. The van der Waals surface area contributed by atoms with Crippen LogP contribution in [0.1, 0.15) is 30.3 Å². The molecule has 2 rings (SSSR count). The number of carbonyl (C=O) groups excluding carboxylic acids is 1. The number of hydrogen-bond donors (Lipinski definition) is 1. The second-order valence-electron chi connectivity index (χ2n) is 3.94. The molecule has 1 fully saturated rings. The van der Waals surface area contributed by atoms with Crippen LogP contribution < -0.4 is 5.32 Å². The Bertz CT molecular complexity index is 340. The fourth-order valence-electron chi connectivity index (χ4n) is 2.00. The fourth-order valence-corrected chi connectivity index (χ4v) is 2.41. The van der Waals surface area contributed by atoms with Crippen molar-refractivity contribution in [2.75, 3.05) is 19.6 Å². The van der Waals surface area contributed by atoms with Crippen LogP contribution in [0.3, 0.4) is 0 Å². The molecule has 0 aliphatic carbocycles. The first-order chi connectivity index (χ1) is 7.83. The summed E-state index contributed by atoms with van der Waals surface area (Å²) in [7, 11) is 0. The van der Waals surface area contributed by atoms with Crippen LogP contribution in [0, 0.1) is 0 Å². The number of halogens is 1. The third-order valence-corrected chi connectivity index (χ3v) is 3.26. The zero-order valence-electron chi connectivity index (χ0n) is 9.76. The molecule has 0 spiro atoms. The maximum Gasteiger partial charge on any atom is 0.275 e. The van der Waals surface area contributed by atoms with E-state index in [0.29, 0.717) is 11.7 Å². The first kappa shape index (κ1) is 14.3. The number of aromatic nitrogens is 2. The van der Waals surface area contributed by atoms with Gasteiger partial charge in [-0.25, -0.2) is 0 Å². The summed E-state index contributed by atoms with van der Waals surface area (Å²) in [4.78, 5) is 14.1. The van der Waals surface area contributed by atoms with Gasteiger partial charge in [0.2, 0.25) is 0 Å². The third kappa shape index (κ3) is 3.37. The van der Waals surface area contributed by atoms with E-state index >= 15 is 0 Å². The van der Waals surface area contributed by atoms with E-state index in [4.69, 9.17) is 0 Å². The molecule has 1 aromatic heterocycles. The Morgan fingerprint density at radius 1 is 1.71 bits per heavy atom. The van der Waals surface area contributed by atoms with Crippen molar-refractivity contribution in [2.24, 2.45) is 0 Å². The molecule has 1 unspecified atom stereocenters. The number of nitrogens with zero attached hydrogens (tertiary/aromatic N) is 3. The maximum absolute atomic E-state index is 12.2. The lowest BCUT2D eigenvalue weighted by Crippen LogP contribution is -2.42. The van der Waals surface area contributed by atoms with E-state index < -0.39 is 0 Å². The van der Waals surface area contributed by atoms with Crippen LogP contribution in [-0.2, 0) is 0 Å². The molecule has 5 nitrogen and oxygen atoms in total. The molecule has 1 N–H and O–H groups in total. The highest BCUT2D eigenvalue weighted by molar-refractivity contribution is 6.99. The van der Waals surface area contributed by atoms with E-state index in [1.165, 1.54) is 0 Å². The SMILES string of the molecule is CCCN(C(=O)c1cnsn1)C1CCNC1.Cl. The molecule has 1 aliphatic rings. The van der Waals surface area contributed by atoms with Crippen LogP contribution in [0.2, 0.25) is 0 Å². The van der Waals surface area contributed by atoms with Crippen LogP contribution in [0.4, 0.5) is 0 Å². The van der Waals surface area contributed by atoms with Gasteiger partial charge in [-0.1, -0.05) is 6.92 Å². The van der Waals surface area contributed by atoms with Crippen molar-refractivity contribution in [3.05, 3.63) is 11.9 Å². The van der Waals surface area contributed by atoms with Gasteiger partial charge >= 0.3 is 0 Å². The highest BCUT2D eigenvalue weighted by Crippen LogP contribution is 2.13. The predicted molar refractivity (Wildman–Crippen MR) is 69.8 cm³/mol. The number of hydrogen-bond acceptors (Lipinski definition) is 5. The molecular weight excluding hydrogens is 260 g/mol. The van der Waals surface area contributed by atoms with Gasteiger partial charge in [0.15, 0.2) is 5.69 Å². The topological polar surface area (TPSA) is 58.1 Å². The van der Waals surface area contributed by atoms with Crippen LogP contribution in [0.5, 0.6) is 0 Å². The minimum absolute atomic E-state index is 0. The second-order valence-corrected chi connectivity index (χ2v) is 4.49. The van der Waals surface area contributed by atoms with Crippen molar-refractivity contribution in [2.45, 2.75) is 25.8 Å². The molecule has 1 saturated heterocycles. The van der Waals surface area contributed by atoms with E-state index in [0.717, 1.165) is 44.2 Å². The summed E-state index contributed by atoms with van der Waals surface area (Å²) in [6, 6.07) is 0.314. The fraction of sp³-hybridized carbons (Fsp3) is 0.700. The van der Waals surface area contributed by atoms with Gasteiger partial charge in [-0.05, 0) is 19.4 Å². The summed E-state index contributed by atoms with van der Waals surface area (Å²) >= 11 is 1.08. The summed E-state index contributed by atoms with van der Waals surface area (Å²) in [5.41, 5.74) is 0.477. The average Bonchev–Trinajstić information content (AvgIpc) is 2.96. The smallest absolute Gasteiger partial charge is 0.275 e. The van der Waals surface area contributed by atoms with Gasteiger partial charge in [0.25, 0.3) is 5.91 Å². The second kappa shape index (κ2) is 6.88. The molecule has 1 aromatic rings. The van der Waals surface area contributed by atoms with E-state index in [1.807, 2.05) is 4.90 Å². The largest absolute Gasteiger partial charge is 0.333 e. The van der Waals surface area contributed by atoms with Gasteiger partial charge < -0.3 is 10.2 Å². The molecule has 0 aromatic carbocycles. The molecule has 2 heterocycles. The monoisotopic (exact) mass is 276 g/mol. The lowest BCUT2D eigenvalue weighted by Gasteiger charge is -2.27. The number of carbonyl (C=O) groups is 1. The minimum atomic E-state index is 0. The lowest BCUT2D eigenvalue weighted by atomic mass is 10.2. The Morgan fingerprint density at radius 3 is 3.06 bits per heavy atom. The standard InChI is InChI=1S/C10H16N4OS.ClH/c1-2-5-14(8-3-4-11-6-8)10(15)9-7-12-16-13-9;/h7-8,11H,2-6H2,1H3;1H. The molecule has 96 valence electrons. The van der Waals surface area contributed by atoms with Gasteiger partial charge in [-0.2, -0.15) is 8.75 Å². The molecule has 1 aliphatic heterocycles. The maximum atomic E-state index is 12.2. The number of rotatable bonds is 4. The van der Waals surface area contributed by atoms with E-state index in [1.54, 1.807) is 6.20 Å². The average molecular weight is 277 g/mol. The Hall–Kier alpha value is -0.720. The van der Waals surface area contributed by atoms with E-state index in [2.05, 4.69) is 21.0 Å². The normalized spacial score (nSPS) is 18.8. The van der Waals surface area contributed by atoms with Crippen LogP contribution >= 0.6 is 24.1 Å². The molecule has 1 amide bonds. The first-order valence-corrected chi connectivity index (χ1v) is 6.35. The van der Waals surface area contributed by atoms with Crippen molar-refractivity contribution < 1.29 is 4.79 Å². The van der Waals surface area contributed by atoms with Crippen LogP contribution in [-0.4, -0.2) is 45.2 Å². The lowest BCUT2D eigenvalue weighted by molar-refractivity contribution is 0.0687. The summed E-state index contributed by atoms with van der Waals surface area (Å²) in [5, 5.41) is 3.28. The van der Waals surface area contributed by atoms with Crippen LogP contribution in [0.15, 0.2) is 6.20 Å². The predicted octanol–water partition coefficient (Wildman–Crippen LogP) is 1.17. The van der Waals surface area contributed by atoms with Crippen molar-refractivity contribution in [3.63, 3.8) is 0 Å². The Morgan fingerprint density at radius 2 is 2.53 bits per heavy atom. The number of amides is 1. The molecule has 17 heavy (non-hydrogen) atoms. The van der Waals surface area contributed by atoms with E-state index in [9.17, 15) is 4.79 Å². The quantitative estimate of drug-likeness (QED) is 0.897. The van der Waals surface area contributed by atoms with Gasteiger partial charge in [0.05, 0.1) is 17.9 Å². The Kier molecular flexibility index (Phi) is 5.80. The van der Waals surface area contributed by atoms with Gasteiger partial charge in [0.1, 0.15) is 0 Å². The van der Waals surface area contributed by atoms with Crippen LogP contribution in [0.25, 0.3) is 0 Å². The molecular formula is C10H17ClN4OS. The van der Waals surface area contributed by atoms with Gasteiger partial charge in [-0.3, -0.25) is 4.79 Å². The van der Waals surface area contributed by atoms with Crippen molar-refractivity contribution in [1.82, 2.24) is 19.0 Å². The number of nitrogens with one attached hydrogen (secondary N) is 1. The summed E-state index contributed by atoms with van der Waals surface area (Å²) < 4.78 is 7.89. The Labute approximate surface area is 111 Å². The third-order valence-electron chi connectivity index (χ3n) is 2.78. The zero-order valence-corrected chi connectivity index (χ0v) is 11.4. The molecule has 0 bridgehead atoms. The zero-order chi connectivity index (χ0) is 11.4. The highest BCUT2D eigenvalue weighted by Gasteiger charge is 2.27. The van der Waals surface area contributed by atoms with Crippen molar-refractivity contribution >= 4 is 30.0 Å². The first-order valence-electron chi connectivity index (χ1n) is 5.62. The highest BCUT2D eigenvalue weighted by atomic mass is 35.5. The summed E-state index contributed by atoms with van der Waals surface area (Å²) in [6.07, 6.45) is 3.56. The molecule has 0 radical (unpaired) electrons. The summed E-state index contributed by atoms with van der Waals surface area (Å²) in [5.74, 6) is 0.0179. The van der Waals surface area contributed by atoms with Gasteiger partial charge in [0, 0.05) is 19.1 Å². The molecule has 7 heteroatoms. The molecule has 1 atom stereocenters.